The summed E-state index contributed by atoms with van der Waals surface area (Å²) in [7, 11) is 1.32. The normalized spacial score (nSPS) is 20.3. The molecule has 1 aromatic carbocycles. The van der Waals surface area contributed by atoms with Crippen LogP contribution in [-0.2, 0) is 14.3 Å². The van der Waals surface area contributed by atoms with Gasteiger partial charge in [-0.25, -0.2) is 9.59 Å². The van der Waals surface area contributed by atoms with E-state index in [4.69, 9.17) is 14.2 Å². The number of esters is 1. The van der Waals surface area contributed by atoms with E-state index in [1.165, 1.54) is 12.0 Å². The molecule has 0 saturated carbocycles. The summed E-state index contributed by atoms with van der Waals surface area (Å²) in [4.78, 5) is 25.9. The minimum absolute atomic E-state index is 0.0237. The molecule has 25 heavy (non-hydrogen) atoms. The van der Waals surface area contributed by atoms with Crippen molar-refractivity contribution < 1.29 is 23.8 Å². The first-order valence-corrected chi connectivity index (χ1v) is 8.94. The summed E-state index contributed by atoms with van der Waals surface area (Å²) in [5, 5.41) is 0. The van der Waals surface area contributed by atoms with Gasteiger partial charge in [0, 0.05) is 16.9 Å². The molecule has 1 aliphatic rings. The number of carbonyl (C=O) groups is 2. The van der Waals surface area contributed by atoms with E-state index in [1.54, 1.807) is 20.8 Å². The highest BCUT2D eigenvalue weighted by atomic mass is 79.9. The fourth-order valence-corrected chi connectivity index (χ4v) is 3.07. The number of rotatable bonds is 4. The van der Waals surface area contributed by atoms with Crippen LogP contribution in [0.5, 0.6) is 5.75 Å². The maximum atomic E-state index is 12.4. The second-order valence-corrected chi connectivity index (χ2v) is 7.96. The third-order valence-corrected chi connectivity index (χ3v) is 4.26. The molecule has 7 heteroatoms. The molecule has 1 heterocycles. The lowest BCUT2D eigenvalue weighted by atomic mass is 10.1. The second kappa shape index (κ2) is 8.08. The van der Waals surface area contributed by atoms with Gasteiger partial charge in [0.05, 0.1) is 13.7 Å². The lowest BCUT2D eigenvalue weighted by Crippen LogP contribution is -2.43. The van der Waals surface area contributed by atoms with Gasteiger partial charge in [-0.3, -0.25) is 4.90 Å². The Bertz CT molecular complexity index is 628. The fraction of sp³-hybridized carbons (Fsp3) is 0.556. The van der Waals surface area contributed by atoms with E-state index >= 15 is 0 Å². The van der Waals surface area contributed by atoms with Crippen molar-refractivity contribution in [3.8, 4) is 5.75 Å². The quantitative estimate of drug-likeness (QED) is 0.705. The van der Waals surface area contributed by atoms with Crippen LogP contribution in [0.4, 0.5) is 4.79 Å². The summed E-state index contributed by atoms with van der Waals surface area (Å²) in [6.07, 6.45) is -0.0206. The number of likely N-dealkylation sites (tertiary alicyclic amines) is 1. The standard InChI is InChI=1S/C18H24BrNO5/c1-18(2,3)25-17(22)20-10-12(8-15(20)16(21)23-4)11-24-14-7-5-6-13(19)9-14/h5-7,9,12,15H,8,10-11H2,1-4H3. The summed E-state index contributed by atoms with van der Waals surface area (Å²) < 4.78 is 17.0. The van der Waals surface area contributed by atoms with Gasteiger partial charge in [0.2, 0.25) is 0 Å². The van der Waals surface area contributed by atoms with E-state index in [0.29, 0.717) is 19.6 Å². The van der Waals surface area contributed by atoms with Gasteiger partial charge in [0.1, 0.15) is 17.4 Å². The second-order valence-electron chi connectivity index (χ2n) is 7.04. The van der Waals surface area contributed by atoms with Crippen molar-refractivity contribution >= 4 is 28.0 Å². The lowest BCUT2D eigenvalue weighted by Gasteiger charge is -2.27. The Balaban J connectivity index is 2.02. The number of amides is 1. The molecule has 1 fully saturated rings. The number of benzene rings is 1. The zero-order valence-electron chi connectivity index (χ0n) is 15.0. The monoisotopic (exact) mass is 413 g/mol. The molecule has 1 amide bonds. The number of halogens is 1. The number of carbonyl (C=O) groups excluding carboxylic acids is 2. The molecule has 1 aliphatic heterocycles. The van der Waals surface area contributed by atoms with Gasteiger partial charge < -0.3 is 14.2 Å². The van der Waals surface area contributed by atoms with Crippen molar-refractivity contribution in [2.45, 2.75) is 38.8 Å². The summed E-state index contributed by atoms with van der Waals surface area (Å²) >= 11 is 3.40. The molecule has 2 atom stereocenters. The molecule has 0 bridgehead atoms. The van der Waals surface area contributed by atoms with Gasteiger partial charge >= 0.3 is 12.1 Å². The first kappa shape index (κ1) is 19.6. The zero-order valence-corrected chi connectivity index (χ0v) is 16.5. The number of hydrogen-bond donors (Lipinski definition) is 0. The van der Waals surface area contributed by atoms with Crippen LogP contribution in [0, 0.1) is 5.92 Å². The zero-order chi connectivity index (χ0) is 18.6. The number of ether oxygens (including phenoxy) is 3. The molecule has 1 aromatic rings. The van der Waals surface area contributed by atoms with Crippen molar-refractivity contribution in [2.75, 3.05) is 20.3 Å². The summed E-state index contributed by atoms with van der Waals surface area (Å²) in [6, 6.07) is 6.90. The first-order valence-electron chi connectivity index (χ1n) is 8.15. The predicted octanol–water partition coefficient (Wildman–Crippen LogP) is 3.63. The average molecular weight is 414 g/mol. The average Bonchev–Trinajstić information content (AvgIpc) is 2.95. The Kier molecular flexibility index (Phi) is 6.32. The third-order valence-electron chi connectivity index (χ3n) is 3.77. The van der Waals surface area contributed by atoms with Crippen LogP contribution in [-0.4, -0.2) is 48.9 Å². The molecule has 6 nitrogen and oxygen atoms in total. The van der Waals surface area contributed by atoms with Crippen molar-refractivity contribution in [1.29, 1.82) is 0 Å². The first-order chi connectivity index (χ1) is 11.7. The van der Waals surface area contributed by atoms with Crippen LogP contribution in [0.25, 0.3) is 0 Å². The molecular weight excluding hydrogens is 390 g/mol. The van der Waals surface area contributed by atoms with E-state index in [9.17, 15) is 9.59 Å². The van der Waals surface area contributed by atoms with Crippen molar-refractivity contribution in [2.24, 2.45) is 5.92 Å². The summed E-state index contributed by atoms with van der Waals surface area (Å²) in [5.41, 5.74) is -0.622. The van der Waals surface area contributed by atoms with Gasteiger partial charge in [0.25, 0.3) is 0 Å². The van der Waals surface area contributed by atoms with E-state index in [-0.39, 0.29) is 5.92 Å². The number of methoxy groups -OCH3 is 1. The Hall–Kier alpha value is -1.76. The lowest BCUT2D eigenvalue weighted by molar-refractivity contribution is -0.145. The Morgan fingerprint density at radius 2 is 2.04 bits per heavy atom. The van der Waals surface area contributed by atoms with Gasteiger partial charge in [-0.1, -0.05) is 22.0 Å². The predicted molar refractivity (Wildman–Crippen MR) is 96.5 cm³/mol. The molecular formula is C18H24BrNO5. The molecule has 138 valence electrons. The van der Waals surface area contributed by atoms with Crippen molar-refractivity contribution in [3.63, 3.8) is 0 Å². The highest BCUT2D eigenvalue weighted by Gasteiger charge is 2.42. The molecule has 0 radical (unpaired) electrons. The van der Waals surface area contributed by atoms with Gasteiger partial charge in [-0.15, -0.1) is 0 Å². The van der Waals surface area contributed by atoms with E-state index < -0.39 is 23.7 Å². The number of nitrogens with zero attached hydrogens (tertiary/aromatic N) is 1. The molecule has 1 saturated heterocycles. The summed E-state index contributed by atoms with van der Waals surface area (Å²) in [5.74, 6) is 0.325. The Morgan fingerprint density at radius 3 is 2.64 bits per heavy atom. The van der Waals surface area contributed by atoms with Crippen LogP contribution in [0.15, 0.2) is 28.7 Å². The van der Waals surface area contributed by atoms with Crippen LogP contribution < -0.4 is 4.74 Å². The highest BCUT2D eigenvalue weighted by molar-refractivity contribution is 9.10. The minimum Gasteiger partial charge on any atom is -0.493 e. The minimum atomic E-state index is -0.643. The fourth-order valence-electron chi connectivity index (χ4n) is 2.70. The van der Waals surface area contributed by atoms with Gasteiger partial charge in [-0.2, -0.15) is 0 Å². The van der Waals surface area contributed by atoms with Crippen LogP contribution in [0.1, 0.15) is 27.2 Å². The Morgan fingerprint density at radius 1 is 1.32 bits per heavy atom. The summed E-state index contributed by atoms with van der Waals surface area (Å²) in [6.45, 7) is 6.18. The van der Waals surface area contributed by atoms with Crippen molar-refractivity contribution in [3.05, 3.63) is 28.7 Å². The van der Waals surface area contributed by atoms with Gasteiger partial charge in [-0.05, 0) is 45.4 Å². The molecule has 0 N–H and O–H groups in total. The molecule has 2 unspecified atom stereocenters. The topological polar surface area (TPSA) is 65.1 Å². The smallest absolute Gasteiger partial charge is 0.411 e. The van der Waals surface area contributed by atoms with Crippen molar-refractivity contribution in [1.82, 2.24) is 4.90 Å². The molecule has 0 aromatic heterocycles. The highest BCUT2D eigenvalue weighted by Crippen LogP contribution is 2.27. The van der Waals surface area contributed by atoms with Crippen LogP contribution in [0.3, 0.4) is 0 Å². The maximum absolute atomic E-state index is 12.4. The largest absolute Gasteiger partial charge is 0.493 e. The van der Waals surface area contributed by atoms with Crippen LogP contribution in [0.2, 0.25) is 0 Å². The Labute approximate surface area is 156 Å². The third kappa shape index (κ3) is 5.63. The maximum Gasteiger partial charge on any atom is 0.411 e. The van der Waals surface area contributed by atoms with Crippen LogP contribution >= 0.6 is 15.9 Å². The van der Waals surface area contributed by atoms with E-state index in [0.717, 1.165) is 10.2 Å². The van der Waals surface area contributed by atoms with E-state index in [1.807, 2.05) is 24.3 Å². The van der Waals surface area contributed by atoms with E-state index in [2.05, 4.69) is 15.9 Å². The molecule has 0 aliphatic carbocycles. The number of hydrogen-bond acceptors (Lipinski definition) is 5. The molecule has 0 spiro atoms. The molecule has 2 rings (SSSR count). The van der Waals surface area contributed by atoms with Gasteiger partial charge in [0.15, 0.2) is 0 Å². The SMILES string of the molecule is COC(=O)C1CC(COc2cccc(Br)c2)CN1C(=O)OC(C)(C)C.